The van der Waals surface area contributed by atoms with Crippen LogP contribution in [0.4, 0.5) is 0 Å². The molecule has 0 fully saturated rings. The van der Waals surface area contributed by atoms with E-state index in [1.54, 1.807) is 12.4 Å². The van der Waals surface area contributed by atoms with Crippen molar-refractivity contribution in [3.63, 3.8) is 0 Å². The third kappa shape index (κ3) is 15.8. The summed E-state index contributed by atoms with van der Waals surface area (Å²) in [6.07, 6.45) is 7.31. The van der Waals surface area contributed by atoms with E-state index in [-0.39, 0.29) is 25.5 Å². The predicted octanol–water partition coefficient (Wildman–Crippen LogP) is 32.7. The third-order valence-corrected chi connectivity index (χ3v) is 28.1. The molecule has 0 atom stereocenters. The van der Waals surface area contributed by atoms with Crippen molar-refractivity contribution >= 4 is 145 Å². The second-order valence-corrected chi connectivity index (χ2v) is 35.0. The van der Waals surface area contributed by atoms with E-state index in [4.69, 9.17) is 3.79 Å². The molecule has 0 amide bonds. The van der Waals surface area contributed by atoms with Crippen LogP contribution < -0.4 is 3.79 Å². The van der Waals surface area contributed by atoms with Gasteiger partial charge in [0.25, 0.3) is 0 Å². The van der Waals surface area contributed by atoms with E-state index < -0.39 is 0 Å². The molecule has 0 unspecified atom stereocenters. The van der Waals surface area contributed by atoms with Crippen LogP contribution in [0.25, 0.3) is 195 Å². The van der Waals surface area contributed by atoms with E-state index in [1.807, 2.05) is 120 Å². The molecule has 132 heavy (non-hydrogen) atoms. The smallest absolute Gasteiger partial charge is 0.494 e. The molecule has 6 aromatic heterocycles. The quantitative estimate of drug-likeness (QED) is 0.0776. The summed E-state index contributed by atoms with van der Waals surface area (Å²) in [6.45, 7) is 0. The number of benzene rings is 19. The number of hydrogen-bond acceptors (Lipinski definition) is 7. The molecule has 0 bridgehead atoms. The van der Waals surface area contributed by atoms with Gasteiger partial charge in [0.05, 0.1) is 16.4 Å². The minimum absolute atomic E-state index is 0. The molecule has 0 aliphatic heterocycles. The summed E-state index contributed by atoms with van der Waals surface area (Å²) in [7, 11) is 0. The first-order valence-corrected chi connectivity index (χ1v) is 46.3. The summed E-state index contributed by atoms with van der Waals surface area (Å²) in [5, 5.41) is 16.6. The van der Waals surface area contributed by atoms with Gasteiger partial charge in [0.1, 0.15) is 11.3 Å². The normalized spacial score (nSPS) is 11.7. The molecule has 0 saturated carbocycles. The van der Waals surface area contributed by atoms with Crippen molar-refractivity contribution in [3.05, 3.63) is 514 Å². The van der Waals surface area contributed by atoms with Gasteiger partial charge in [-0.2, -0.15) is 0 Å². The van der Waals surface area contributed by atoms with E-state index in [1.165, 1.54) is 189 Å². The van der Waals surface area contributed by atoms with E-state index in [9.17, 15) is 0 Å². The van der Waals surface area contributed by atoms with E-state index in [2.05, 4.69) is 402 Å². The Labute approximate surface area is 796 Å². The minimum Gasteiger partial charge on any atom is -0.649 e. The Kier molecular flexibility index (Phi) is 23.7. The van der Waals surface area contributed by atoms with E-state index >= 15 is 0 Å². The van der Waals surface area contributed by atoms with Crippen molar-refractivity contribution in [3.8, 4) is 94.9 Å². The maximum atomic E-state index is 5.19. The average molecular weight is 1910 g/mol. The Bertz CT molecular complexity index is 8290. The zero-order valence-electron chi connectivity index (χ0n) is 71.7. The van der Waals surface area contributed by atoms with Crippen LogP contribution in [0.3, 0.4) is 0 Å². The largest absolute Gasteiger partial charge is 0.649 e. The Morgan fingerprint density at radius 2 is 0.644 bits per heavy atom. The zero-order chi connectivity index (χ0) is 87.4. The summed E-state index contributed by atoms with van der Waals surface area (Å²) in [5.41, 5.74) is 27.3. The van der Waals surface area contributed by atoms with Crippen LogP contribution in [0.2, 0.25) is 0 Å². The molecule has 6 heterocycles. The first-order chi connectivity index (χ1) is 65.0. The fourth-order valence-corrected chi connectivity index (χ4v) is 22.1. The van der Waals surface area contributed by atoms with Gasteiger partial charge in [-0.3, -0.25) is 15.0 Å². The minimum atomic E-state index is -0.374. The van der Waals surface area contributed by atoms with Crippen LogP contribution in [0.15, 0.2) is 486 Å². The van der Waals surface area contributed by atoms with Crippen LogP contribution in [0.1, 0.15) is 22.3 Å². The molecule has 624 valence electrons. The van der Waals surface area contributed by atoms with Gasteiger partial charge in [-0.1, -0.05) is 388 Å². The summed E-state index contributed by atoms with van der Waals surface area (Å²) >= 11 is 5.27. The Morgan fingerprint density at radius 3 is 1.22 bits per heavy atom. The van der Waals surface area contributed by atoms with Crippen molar-refractivity contribution < 1.29 is 23.9 Å². The second kappa shape index (κ2) is 37.5. The maximum absolute atomic E-state index is 5.19. The molecular weight excluding hydrogens is 1830 g/mol. The summed E-state index contributed by atoms with van der Waals surface area (Å²) in [5.74, 6) is 0.839. The van der Waals surface area contributed by atoms with Crippen molar-refractivity contribution in [1.82, 2.24) is 19.9 Å². The van der Waals surface area contributed by atoms with E-state index in [0.717, 1.165) is 49.7 Å². The third-order valence-electron chi connectivity index (χ3n) is 25.2. The molecule has 0 N–H and O–H groups in total. The van der Waals surface area contributed by atoms with Gasteiger partial charge in [0.2, 0.25) is 0 Å². The molecular formula is C123H81AlIrN4OS2-. The zero-order valence-corrected chi connectivity index (χ0v) is 77.2. The van der Waals surface area contributed by atoms with Gasteiger partial charge in [-0.15, -0.1) is 58.6 Å². The fourth-order valence-electron chi connectivity index (χ4n) is 19.3. The molecule has 1 aliphatic carbocycles. The van der Waals surface area contributed by atoms with Crippen molar-refractivity contribution in [2.75, 3.05) is 0 Å². The van der Waals surface area contributed by atoms with Gasteiger partial charge in [-0.05, 0) is 187 Å². The maximum Gasteiger partial charge on any atom is 0.494 e. The van der Waals surface area contributed by atoms with Crippen LogP contribution in [0, 0.1) is 6.07 Å². The standard InChI is InChI=1S/C43H28S.C36H22S.C24H16N2.C11H8N.C9H7NO.Al.Ir.H/c1-3-13-29(14-4-1)33-19-11-21-37-38-22-12-20-34(42(38)44-41(33)37)30-25-27-32(28-26-30)43(31-15-5-2-6-16-31)39-23-9-7-17-35(39)36-18-8-10-24-40(36)43;1-2-13-29-27(11-1)28-12-3-4-14-30(28)34-22-24(19-20-31(29)34)23-9-7-10-25(21-23)26-16-8-17-33-32-15-5-6-18-35(32)37-36(26)33;1-3-7-17(8-4-1)19-13-15-25-23-21(19)11-12-22-20(14-16-26-24(22)23)18-9-5-2-6-10-18;1-2-6-10(7-3-1)11-8-4-5-9-12-11;11-8-5-1-3-7-4-2-6-10-9(7)8;;;/h1-28H;1-22H;1-16H;1-6,8-9H;1-6,11H;;;/q;;;-1;;+1;;/p-1. The van der Waals surface area contributed by atoms with Crippen LogP contribution in [-0.4, -0.2) is 36.6 Å². The monoisotopic (exact) mass is 1910 g/mol. The van der Waals surface area contributed by atoms with Crippen LogP contribution >= 0.6 is 22.7 Å². The number of aromatic nitrogens is 4. The number of pyridine rings is 4. The molecule has 26 rings (SSSR count). The van der Waals surface area contributed by atoms with E-state index in [0.29, 0.717) is 0 Å². The number of thiophene rings is 2. The number of fused-ring (bicyclic) bond motifs is 19. The van der Waals surface area contributed by atoms with Gasteiger partial charge in [-0.25, -0.2) is 0 Å². The van der Waals surface area contributed by atoms with Gasteiger partial charge in [0, 0.05) is 101 Å². The Morgan fingerprint density at radius 1 is 0.242 bits per heavy atom. The Balaban J connectivity index is 0.000000107. The average Bonchev–Trinajstić information content (AvgIpc) is 1.53. The van der Waals surface area contributed by atoms with Crippen LogP contribution in [0.5, 0.6) is 5.75 Å². The summed E-state index contributed by atoms with van der Waals surface area (Å²) in [4.78, 5) is 17.8. The van der Waals surface area contributed by atoms with Crippen molar-refractivity contribution in [2.24, 2.45) is 0 Å². The summed E-state index contributed by atoms with van der Waals surface area (Å²) in [6, 6.07) is 167. The Hall–Kier alpha value is -15.2. The van der Waals surface area contributed by atoms with Gasteiger partial charge in [0.15, 0.2) is 0 Å². The molecule has 5 nitrogen and oxygen atoms in total. The van der Waals surface area contributed by atoms with Gasteiger partial charge < -0.3 is 8.77 Å². The molecule has 0 spiro atoms. The second-order valence-electron chi connectivity index (χ2n) is 32.6. The molecule has 1 aliphatic rings. The number of nitrogens with zero attached hydrogens (tertiary/aromatic N) is 4. The molecule has 25 aromatic rings. The van der Waals surface area contributed by atoms with Crippen LogP contribution in [-0.2, 0) is 25.5 Å². The summed E-state index contributed by atoms with van der Waals surface area (Å²) < 4.78 is 10.6. The fraction of sp³-hybridized carbons (Fsp3) is 0.00813. The molecule has 9 heteroatoms. The number of rotatable bonds is 10. The molecule has 2 radical (unpaired) electrons. The molecule has 19 aromatic carbocycles. The predicted molar refractivity (Wildman–Crippen MR) is 556 cm³/mol. The van der Waals surface area contributed by atoms with Crippen molar-refractivity contribution in [1.29, 1.82) is 0 Å². The first-order valence-electron chi connectivity index (χ1n) is 44.1. The topological polar surface area (TPSA) is 60.8 Å². The molecule has 0 saturated heterocycles. The van der Waals surface area contributed by atoms with Crippen molar-refractivity contribution in [2.45, 2.75) is 5.41 Å². The first kappa shape index (κ1) is 83.7. The number of hydrogen-bond donors (Lipinski definition) is 0. The van der Waals surface area contributed by atoms with Gasteiger partial charge >= 0.3 is 16.6 Å². The SMILES string of the molecule is [AlH][O]c1cccc2cccnc12.[Ir].[c-]1ccccc1-c1ccccn1.c1cc(-c2ccc3c4ccccc4c4ccccc4c3c2)cc(-c2cccc3c2sc2ccccc23)c1.c1ccc(-c2cccc3c2sc2c(-c4ccc(C5(c6ccccc6)c6ccccc6-c6ccccc65)cc4)cccc23)cc1.c1ccc(-c2ccnc3c2ccc2c(-c4ccccc4)ccnc23)cc1. The number of para-hydroxylation sites is 1.